The first kappa shape index (κ1) is 15.0. The summed E-state index contributed by atoms with van der Waals surface area (Å²) in [6.07, 6.45) is 0.841. The highest BCUT2D eigenvalue weighted by molar-refractivity contribution is 5.35. The number of hydrogen-bond acceptors (Lipinski definition) is 8. The van der Waals surface area contributed by atoms with Gasteiger partial charge in [0.2, 0.25) is 5.95 Å². The number of aryl methyl sites for hydroxylation is 2. The van der Waals surface area contributed by atoms with Crippen molar-refractivity contribution in [2.45, 2.75) is 27.2 Å². The SMILES string of the molecule is CCCOc1nc(NN)nc(Oc2c(C)nn(C)c2C)n1. The normalized spacial score (nSPS) is 10.5. The molecule has 0 atom stereocenters. The molecule has 0 spiro atoms. The van der Waals surface area contributed by atoms with E-state index in [4.69, 9.17) is 15.3 Å². The number of hydrazine groups is 1. The molecule has 2 heterocycles. The molecule has 0 aliphatic rings. The Balaban J connectivity index is 2.30. The van der Waals surface area contributed by atoms with E-state index in [1.54, 1.807) is 4.68 Å². The van der Waals surface area contributed by atoms with E-state index in [9.17, 15) is 0 Å². The minimum absolute atomic E-state index is 0.100. The van der Waals surface area contributed by atoms with Crippen LogP contribution >= 0.6 is 0 Å². The van der Waals surface area contributed by atoms with Crippen LogP contribution < -0.4 is 20.7 Å². The maximum atomic E-state index is 5.70. The standard InChI is InChI=1S/C12H19N7O2/c1-5-6-20-11-14-10(17-13)15-12(16-11)21-9-7(2)18-19(4)8(9)3/h5-6,13H2,1-4H3,(H,14,15,16,17). The summed E-state index contributed by atoms with van der Waals surface area (Å²) < 4.78 is 12.8. The van der Waals surface area contributed by atoms with Gasteiger partial charge in [0.25, 0.3) is 0 Å². The van der Waals surface area contributed by atoms with Crippen LogP contribution in [0, 0.1) is 13.8 Å². The van der Waals surface area contributed by atoms with E-state index < -0.39 is 0 Å². The monoisotopic (exact) mass is 293 g/mol. The molecule has 2 aromatic heterocycles. The Labute approximate surface area is 122 Å². The van der Waals surface area contributed by atoms with Crippen molar-refractivity contribution in [3.05, 3.63) is 11.4 Å². The summed E-state index contributed by atoms with van der Waals surface area (Å²) in [5.74, 6) is 6.12. The Hall–Kier alpha value is -2.42. The van der Waals surface area contributed by atoms with Gasteiger partial charge in [0.15, 0.2) is 5.75 Å². The highest BCUT2D eigenvalue weighted by Crippen LogP contribution is 2.26. The van der Waals surface area contributed by atoms with Crippen molar-refractivity contribution >= 4 is 5.95 Å². The molecule has 0 aromatic carbocycles. The van der Waals surface area contributed by atoms with Crippen LogP contribution in [0.3, 0.4) is 0 Å². The second kappa shape index (κ2) is 6.35. The molecule has 9 heteroatoms. The Morgan fingerprint density at radius 2 is 1.90 bits per heavy atom. The van der Waals surface area contributed by atoms with E-state index >= 15 is 0 Å². The summed E-state index contributed by atoms with van der Waals surface area (Å²) in [6.45, 7) is 6.23. The molecule has 0 bridgehead atoms. The fraction of sp³-hybridized carbons (Fsp3) is 0.500. The summed E-state index contributed by atoms with van der Waals surface area (Å²) >= 11 is 0. The molecular weight excluding hydrogens is 274 g/mol. The van der Waals surface area contributed by atoms with Gasteiger partial charge < -0.3 is 9.47 Å². The van der Waals surface area contributed by atoms with E-state index in [-0.39, 0.29) is 18.0 Å². The van der Waals surface area contributed by atoms with Crippen molar-refractivity contribution in [2.24, 2.45) is 12.9 Å². The molecule has 0 saturated heterocycles. The van der Waals surface area contributed by atoms with Crippen molar-refractivity contribution in [1.29, 1.82) is 0 Å². The first-order valence-corrected chi connectivity index (χ1v) is 6.58. The summed E-state index contributed by atoms with van der Waals surface area (Å²) in [4.78, 5) is 12.2. The predicted octanol–water partition coefficient (Wildman–Crippen LogP) is 1.09. The van der Waals surface area contributed by atoms with Crippen molar-refractivity contribution in [2.75, 3.05) is 12.0 Å². The van der Waals surface area contributed by atoms with E-state index in [0.29, 0.717) is 12.4 Å². The quantitative estimate of drug-likeness (QED) is 0.601. The zero-order valence-corrected chi connectivity index (χ0v) is 12.5. The first-order chi connectivity index (χ1) is 10.0. The molecule has 0 aliphatic carbocycles. The molecule has 9 nitrogen and oxygen atoms in total. The Bertz CT molecular complexity index is 626. The van der Waals surface area contributed by atoms with E-state index in [0.717, 1.165) is 17.8 Å². The van der Waals surface area contributed by atoms with Gasteiger partial charge >= 0.3 is 12.0 Å². The molecule has 0 radical (unpaired) electrons. The number of rotatable bonds is 6. The van der Waals surface area contributed by atoms with Gasteiger partial charge in [-0.25, -0.2) is 5.84 Å². The molecular formula is C12H19N7O2. The average molecular weight is 293 g/mol. The largest absolute Gasteiger partial charge is 0.463 e. The predicted molar refractivity (Wildman–Crippen MR) is 76.2 cm³/mol. The third-order valence-electron chi connectivity index (χ3n) is 2.79. The van der Waals surface area contributed by atoms with Crippen molar-refractivity contribution in [3.63, 3.8) is 0 Å². The fourth-order valence-electron chi connectivity index (χ4n) is 1.70. The number of nitrogens with zero attached hydrogens (tertiary/aromatic N) is 5. The van der Waals surface area contributed by atoms with Gasteiger partial charge in [0.05, 0.1) is 12.3 Å². The lowest BCUT2D eigenvalue weighted by Crippen LogP contribution is -2.13. The van der Waals surface area contributed by atoms with Crippen LogP contribution in [0.4, 0.5) is 5.95 Å². The number of nitrogen functional groups attached to an aromatic ring is 1. The smallest absolute Gasteiger partial charge is 0.330 e. The van der Waals surface area contributed by atoms with Gasteiger partial charge in [-0.1, -0.05) is 6.92 Å². The van der Waals surface area contributed by atoms with Gasteiger partial charge in [0, 0.05) is 7.05 Å². The molecule has 0 saturated carbocycles. The Morgan fingerprint density at radius 3 is 2.48 bits per heavy atom. The number of nitrogens with one attached hydrogen (secondary N) is 1. The van der Waals surface area contributed by atoms with Crippen molar-refractivity contribution in [3.8, 4) is 17.8 Å². The first-order valence-electron chi connectivity index (χ1n) is 6.58. The van der Waals surface area contributed by atoms with Gasteiger partial charge in [-0.15, -0.1) is 4.98 Å². The molecule has 2 rings (SSSR count). The fourth-order valence-corrected chi connectivity index (χ4v) is 1.70. The third-order valence-corrected chi connectivity index (χ3v) is 2.79. The number of anilines is 1. The minimum Gasteiger partial charge on any atom is -0.463 e. The molecule has 21 heavy (non-hydrogen) atoms. The lowest BCUT2D eigenvalue weighted by Gasteiger charge is -2.08. The van der Waals surface area contributed by atoms with Gasteiger partial charge in [-0.2, -0.15) is 15.1 Å². The topological polar surface area (TPSA) is 113 Å². The molecule has 114 valence electrons. The number of hydrogen-bond donors (Lipinski definition) is 2. The van der Waals surface area contributed by atoms with Gasteiger partial charge in [-0.05, 0) is 20.3 Å². The molecule has 0 amide bonds. The number of nitrogens with two attached hydrogens (primary N) is 1. The van der Waals surface area contributed by atoms with Crippen LogP contribution in [0.2, 0.25) is 0 Å². The molecule has 0 aliphatic heterocycles. The minimum atomic E-state index is 0.100. The van der Waals surface area contributed by atoms with Gasteiger partial charge in [-0.3, -0.25) is 10.1 Å². The summed E-state index contributed by atoms with van der Waals surface area (Å²) in [5.41, 5.74) is 3.97. The molecule has 3 N–H and O–H groups in total. The summed E-state index contributed by atoms with van der Waals surface area (Å²) in [7, 11) is 1.84. The lowest BCUT2D eigenvalue weighted by molar-refractivity contribution is 0.285. The Kier molecular flexibility index (Phi) is 4.53. The lowest BCUT2D eigenvalue weighted by atomic mass is 10.3. The van der Waals surface area contributed by atoms with Crippen LogP contribution in [0.1, 0.15) is 24.7 Å². The Morgan fingerprint density at radius 1 is 1.19 bits per heavy atom. The second-order valence-electron chi connectivity index (χ2n) is 4.44. The van der Waals surface area contributed by atoms with Crippen LogP contribution in [0.25, 0.3) is 0 Å². The van der Waals surface area contributed by atoms with Crippen LogP contribution in [0.15, 0.2) is 0 Å². The van der Waals surface area contributed by atoms with Crippen molar-refractivity contribution < 1.29 is 9.47 Å². The molecule has 0 fully saturated rings. The maximum absolute atomic E-state index is 5.70. The van der Waals surface area contributed by atoms with E-state index in [2.05, 4.69) is 25.5 Å². The second-order valence-corrected chi connectivity index (χ2v) is 4.44. The van der Waals surface area contributed by atoms with Crippen LogP contribution in [-0.4, -0.2) is 31.3 Å². The summed E-state index contributed by atoms with van der Waals surface area (Å²) in [6, 6.07) is 0.261. The maximum Gasteiger partial charge on any atom is 0.330 e. The van der Waals surface area contributed by atoms with Crippen LogP contribution in [-0.2, 0) is 7.05 Å². The highest BCUT2D eigenvalue weighted by Gasteiger charge is 2.15. The highest BCUT2D eigenvalue weighted by atomic mass is 16.5. The van der Waals surface area contributed by atoms with Crippen molar-refractivity contribution in [1.82, 2.24) is 24.7 Å². The zero-order chi connectivity index (χ0) is 15.4. The third kappa shape index (κ3) is 3.37. The number of aromatic nitrogens is 5. The number of ether oxygens (including phenoxy) is 2. The van der Waals surface area contributed by atoms with E-state index in [1.807, 2.05) is 27.8 Å². The molecule has 2 aromatic rings. The van der Waals surface area contributed by atoms with E-state index in [1.165, 1.54) is 0 Å². The van der Waals surface area contributed by atoms with Gasteiger partial charge in [0.1, 0.15) is 5.69 Å². The zero-order valence-electron chi connectivity index (χ0n) is 12.5. The summed E-state index contributed by atoms with van der Waals surface area (Å²) in [5, 5.41) is 4.27. The average Bonchev–Trinajstić information content (AvgIpc) is 2.71. The molecule has 0 unspecified atom stereocenters. The van der Waals surface area contributed by atoms with Crippen LogP contribution in [0.5, 0.6) is 17.8 Å².